The summed E-state index contributed by atoms with van der Waals surface area (Å²) in [4.78, 5) is 43.7. The molecule has 13 heteroatoms. The third-order valence-corrected chi connectivity index (χ3v) is 7.52. The van der Waals surface area contributed by atoms with Gasteiger partial charge in [-0.25, -0.2) is 4.79 Å². The molecule has 0 spiro atoms. The summed E-state index contributed by atoms with van der Waals surface area (Å²) in [6.45, 7) is 10.8. The number of likely N-dealkylation sites (N-methyl/N-ethyl adjacent to an activating group) is 1. The van der Waals surface area contributed by atoms with Gasteiger partial charge in [0.2, 0.25) is 0 Å². The van der Waals surface area contributed by atoms with Crippen LogP contribution < -0.4 is 21.3 Å². The molecule has 228 valence electrons. The maximum absolute atomic E-state index is 13.1. The number of halogens is 4. The Morgan fingerprint density at radius 3 is 2.33 bits per heavy atom. The monoisotopic (exact) mass is 616 g/mol. The van der Waals surface area contributed by atoms with E-state index in [1.54, 1.807) is 25.1 Å². The average molecular weight is 617 g/mol. The van der Waals surface area contributed by atoms with Gasteiger partial charge in [-0.15, -0.1) is 0 Å². The highest BCUT2D eigenvalue weighted by Crippen LogP contribution is 2.37. The van der Waals surface area contributed by atoms with Gasteiger partial charge in [0.05, 0.1) is 27.4 Å². The minimum atomic E-state index is -4.68. The third-order valence-electron chi connectivity index (χ3n) is 7.19. The minimum absolute atomic E-state index is 0.0949. The summed E-state index contributed by atoms with van der Waals surface area (Å²) in [6, 6.07) is 7.02. The third kappa shape index (κ3) is 7.20. The topological polar surface area (TPSA) is 118 Å². The first kappa shape index (κ1) is 31.6. The summed E-state index contributed by atoms with van der Waals surface area (Å²) in [5.74, 6) is -0.559. The Hall–Kier alpha value is -4.29. The summed E-state index contributed by atoms with van der Waals surface area (Å²) in [7, 11) is 0. The van der Waals surface area contributed by atoms with E-state index in [9.17, 15) is 27.6 Å². The minimum Gasteiger partial charge on any atom is -0.358 e. The van der Waals surface area contributed by atoms with Gasteiger partial charge < -0.3 is 31.2 Å². The number of H-pyrrole nitrogens is 1. The molecule has 0 atom stereocenters. The molecule has 0 bridgehead atoms. The summed E-state index contributed by atoms with van der Waals surface area (Å²) in [6.07, 6.45) is -3.00. The fourth-order valence-electron chi connectivity index (χ4n) is 4.89. The van der Waals surface area contributed by atoms with Crippen molar-refractivity contribution >= 4 is 58.2 Å². The predicted molar refractivity (Wildman–Crippen MR) is 162 cm³/mol. The lowest BCUT2D eigenvalue weighted by atomic mass is 10.0. The molecule has 0 unspecified atom stereocenters. The van der Waals surface area contributed by atoms with Gasteiger partial charge in [-0.3, -0.25) is 9.59 Å². The molecule has 9 nitrogen and oxygen atoms in total. The second-order valence-corrected chi connectivity index (χ2v) is 10.4. The van der Waals surface area contributed by atoms with Crippen molar-refractivity contribution in [3.05, 3.63) is 75.1 Å². The number of alkyl halides is 3. The lowest BCUT2D eigenvalue weighted by Crippen LogP contribution is -2.35. The van der Waals surface area contributed by atoms with Crippen LogP contribution in [0.25, 0.3) is 11.6 Å². The van der Waals surface area contributed by atoms with E-state index >= 15 is 0 Å². The molecule has 2 aromatic carbocycles. The van der Waals surface area contributed by atoms with Gasteiger partial charge in [-0.2, -0.15) is 13.2 Å². The van der Waals surface area contributed by atoms with Crippen LogP contribution in [0, 0.1) is 13.8 Å². The molecule has 43 heavy (non-hydrogen) atoms. The number of amides is 4. The molecule has 4 amide bonds. The van der Waals surface area contributed by atoms with Crippen molar-refractivity contribution in [3.63, 3.8) is 0 Å². The maximum Gasteiger partial charge on any atom is 0.417 e. The van der Waals surface area contributed by atoms with E-state index in [1.807, 2.05) is 6.92 Å². The lowest BCUT2D eigenvalue weighted by Gasteiger charge is -2.18. The number of hydrogen-bond donors (Lipinski definition) is 5. The Kier molecular flexibility index (Phi) is 9.51. The largest absolute Gasteiger partial charge is 0.417 e. The van der Waals surface area contributed by atoms with Gasteiger partial charge >= 0.3 is 12.2 Å². The molecule has 1 aromatic heterocycles. The number of fused-ring (bicyclic) bond motifs is 1. The fourth-order valence-corrected chi connectivity index (χ4v) is 5.11. The standard InChI is InChI=1S/C30H32ClF3N6O3/c1-5-40(6-2)12-11-35-28(42)26-16(3)24(36-17(26)4)15-21-20-9-7-19(14-25(20)39-27(21)41)38-29(43)37-18-8-10-23(31)22(13-18)30(32,33)34/h7-10,13-15,36H,5-6,11-12H2,1-4H3,(H,35,42)(H,39,41)(H2,37,38,43). The van der Waals surface area contributed by atoms with Crippen molar-refractivity contribution in [2.24, 2.45) is 0 Å². The highest BCUT2D eigenvalue weighted by molar-refractivity contribution is 6.35. The van der Waals surface area contributed by atoms with Crippen molar-refractivity contribution in [1.29, 1.82) is 0 Å². The predicted octanol–water partition coefficient (Wildman–Crippen LogP) is 6.51. The zero-order chi connectivity index (χ0) is 31.5. The second kappa shape index (κ2) is 12.9. The Balaban J connectivity index is 1.48. The molecule has 1 aliphatic heterocycles. The number of benzene rings is 2. The van der Waals surface area contributed by atoms with E-state index in [2.05, 4.69) is 45.0 Å². The average Bonchev–Trinajstić information content (AvgIpc) is 3.40. The van der Waals surface area contributed by atoms with Gasteiger partial charge in [0.1, 0.15) is 0 Å². The first-order valence-electron chi connectivity index (χ1n) is 13.6. The van der Waals surface area contributed by atoms with E-state index in [0.29, 0.717) is 51.6 Å². The number of aryl methyl sites for hydroxylation is 1. The van der Waals surface area contributed by atoms with E-state index in [0.717, 1.165) is 31.8 Å². The number of carbonyl (C=O) groups is 3. The van der Waals surface area contributed by atoms with Crippen LogP contribution in [0.1, 0.15) is 52.3 Å². The fraction of sp³-hybridized carbons (Fsp3) is 0.300. The number of rotatable bonds is 9. The molecule has 0 saturated carbocycles. The molecule has 4 rings (SSSR count). The summed E-state index contributed by atoms with van der Waals surface area (Å²) in [5, 5.41) is 10.1. The van der Waals surface area contributed by atoms with Crippen LogP contribution in [-0.4, -0.2) is 53.9 Å². The molecule has 5 N–H and O–H groups in total. The molecule has 1 aliphatic rings. The smallest absolute Gasteiger partial charge is 0.358 e. The molecule has 0 fully saturated rings. The number of aromatic amines is 1. The zero-order valence-electron chi connectivity index (χ0n) is 24.1. The van der Waals surface area contributed by atoms with Crippen LogP contribution in [0.3, 0.4) is 0 Å². The van der Waals surface area contributed by atoms with Crippen LogP contribution in [0.4, 0.5) is 35.0 Å². The Morgan fingerprint density at radius 1 is 1.02 bits per heavy atom. The highest BCUT2D eigenvalue weighted by Gasteiger charge is 2.33. The molecule has 3 aromatic rings. The number of nitrogens with one attached hydrogen (secondary N) is 5. The number of carbonyl (C=O) groups excluding carboxylic acids is 3. The molecular formula is C30H32ClF3N6O3. The zero-order valence-corrected chi connectivity index (χ0v) is 24.8. The maximum atomic E-state index is 13.1. The quantitative estimate of drug-likeness (QED) is 0.176. The lowest BCUT2D eigenvalue weighted by molar-refractivity contribution is -0.137. The van der Waals surface area contributed by atoms with E-state index < -0.39 is 22.8 Å². The number of hydrogen-bond acceptors (Lipinski definition) is 4. The van der Waals surface area contributed by atoms with Crippen LogP contribution in [0.5, 0.6) is 0 Å². The molecule has 0 radical (unpaired) electrons. The number of nitrogens with zero attached hydrogens (tertiary/aromatic N) is 1. The van der Waals surface area contributed by atoms with Crippen LogP contribution in [0.15, 0.2) is 36.4 Å². The Morgan fingerprint density at radius 2 is 1.67 bits per heavy atom. The van der Waals surface area contributed by atoms with E-state index in [1.165, 1.54) is 12.1 Å². The molecule has 0 aliphatic carbocycles. The van der Waals surface area contributed by atoms with Gasteiger partial charge in [-0.05, 0) is 68.9 Å². The SMILES string of the molecule is CCN(CC)CCNC(=O)c1c(C)[nH]c(C=C2C(=O)Nc3cc(NC(=O)Nc4ccc(Cl)c(C(F)(F)F)c4)ccc32)c1C. The van der Waals surface area contributed by atoms with Gasteiger partial charge in [-0.1, -0.05) is 31.5 Å². The Bertz CT molecular complexity index is 1590. The first-order chi connectivity index (χ1) is 20.3. The van der Waals surface area contributed by atoms with Crippen molar-refractivity contribution < 1.29 is 27.6 Å². The molecular weight excluding hydrogens is 585 g/mol. The van der Waals surface area contributed by atoms with Gasteiger partial charge in [0.25, 0.3) is 11.8 Å². The first-order valence-corrected chi connectivity index (χ1v) is 14.0. The summed E-state index contributed by atoms with van der Waals surface area (Å²) in [5.41, 5.74) is 3.06. The Labute approximate surface area is 251 Å². The summed E-state index contributed by atoms with van der Waals surface area (Å²) >= 11 is 5.64. The molecule has 2 heterocycles. The molecule has 0 saturated heterocycles. The normalized spacial score (nSPS) is 13.7. The summed E-state index contributed by atoms with van der Waals surface area (Å²) < 4.78 is 39.4. The van der Waals surface area contributed by atoms with Crippen molar-refractivity contribution in [2.75, 3.05) is 42.1 Å². The highest BCUT2D eigenvalue weighted by atomic mass is 35.5. The number of anilines is 3. The number of urea groups is 1. The van der Waals surface area contributed by atoms with Crippen LogP contribution in [-0.2, 0) is 11.0 Å². The van der Waals surface area contributed by atoms with Crippen molar-refractivity contribution in [3.8, 4) is 0 Å². The van der Waals surface area contributed by atoms with Gasteiger partial charge in [0.15, 0.2) is 0 Å². The van der Waals surface area contributed by atoms with E-state index in [4.69, 9.17) is 11.6 Å². The number of aromatic nitrogens is 1. The van der Waals surface area contributed by atoms with Crippen molar-refractivity contribution in [2.45, 2.75) is 33.9 Å². The van der Waals surface area contributed by atoms with E-state index in [-0.39, 0.29) is 17.5 Å². The van der Waals surface area contributed by atoms with Crippen LogP contribution >= 0.6 is 11.6 Å². The van der Waals surface area contributed by atoms with Crippen molar-refractivity contribution in [1.82, 2.24) is 15.2 Å². The van der Waals surface area contributed by atoms with Crippen LogP contribution in [0.2, 0.25) is 5.02 Å². The second-order valence-electron chi connectivity index (χ2n) is 9.99. The van der Waals surface area contributed by atoms with Gasteiger partial charge in [0, 0.05) is 41.4 Å².